The highest BCUT2D eigenvalue weighted by Crippen LogP contribution is 2.20. The van der Waals surface area contributed by atoms with Gasteiger partial charge in [-0.05, 0) is 29.9 Å². The summed E-state index contributed by atoms with van der Waals surface area (Å²) < 4.78 is 0. The maximum atomic E-state index is 2.35. The Morgan fingerprint density at radius 1 is 1.07 bits per heavy atom. The van der Waals surface area contributed by atoms with Crippen LogP contribution < -0.4 is 10.4 Å². The molecule has 0 saturated carbocycles. The topological polar surface area (TPSA) is 0 Å². The van der Waals surface area contributed by atoms with Crippen LogP contribution in [0.4, 0.5) is 0 Å². The third kappa shape index (κ3) is 2.04. The lowest BCUT2D eigenvalue weighted by Gasteiger charge is -2.13. The van der Waals surface area contributed by atoms with Crippen molar-refractivity contribution < 1.29 is 0 Å². The molecule has 1 aliphatic carbocycles. The molecular weight excluding hydrogens is 180 g/mol. The van der Waals surface area contributed by atoms with Crippen LogP contribution in [-0.2, 0) is 0 Å². The molecule has 2 rings (SSSR count). The van der Waals surface area contributed by atoms with Gasteiger partial charge in [0.25, 0.3) is 0 Å². The Kier molecular flexibility index (Phi) is 2.30. The number of hydrogen-bond acceptors (Lipinski definition) is 0. The summed E-state index contributed by atoms with van der Waals surface area (Å²) in [7, 11) is 0. The van der Waals surface area contributed by atoms with Crippen molar-refractivity contribution >= 4 is 11.6 Å². The van der Waals surface area contributed by atoms with Gasteiger partial charge in [-0.3, -0.25) is 0 Å². The predicted octanol–water partition coefficient (Wildman–Crippen LogP) is 2.54. The van der Waals surface area contributed by atoms with Crippen molar-refractivity contribution in [2.75, 3.05) is 0 Å². The van der Waals surface area contributed by atoms with E-state index in [4.69, 9.17) is 0 Å². The summed E-state index contributed by atoms with van der Waals surface area (Å²) in [6.45, 7) is 8.82. The number of aryl methyl sites for hydroxylation is 1. The van der Waals surface area contributed by atoms with Crippen LogP contribution in [0.2, 0.25) is 0 Å². The van der Waals surface area contributed by atoms with Gasteiger partial charge in [-0.25, -0.2) is 0 Å². The van der Waals surface area contributed by atoms with Crippen LogP contribution in [-0.4, -0.2) is 0 Å². The fourth-order valence-corrected chi connectivity index (χ4v) is 2.04. The molecule has 0 saturated heterocycles. The van der Waals surface area contributed by atoms with Gasteiger partial charge in [-0.1, -0.05) is 55.8 Å². The Hall–Kier alpha value is -1.30. The summed E-state index contributed by atoms with van der Waals surface area (Å²) in [6, 6.07) is 6.68. The zero-order valence-electron chi connectivity index (χ0n) is 9.96. The molecule has 0 spiro atoms. The summed E-state index contributed by atoms with van der Waals surface area (Å²) in [6.07, 6.45) is 6.86. The summed E-state index contributed by atoms with van der Waals surface area (Å²) >= 11 is 0. The van der Waals surface area contributed by atoms with Gasteiger partial charge in [0.05, 0.1) is 0 Å². The Morgan fingerprint density at radius 3 is 2.53 bits per heavy atom. The largest absolute Gasteiger partial charge is 0.0748 e. The molecule has 78 valence electrons. The Bertz CT molecular complexity index is 528. The lowest BCUT2D eigenvalue weighted by Crippen LogP contribution is -2.27. The molecule has 0 N–H and O–H groups in total. The first-order valence-electron chi connectivity index (χ1n) is 5.48. The highest BCUT2D eigenvalue weighted by atomic mass is 14.2. The molecule has 0 heteroatoms. The van der Waals surface area contributed by atoms with Gasteiger partial charge >= 0.3 is 0 Å². The van der Waals surface area contributed by atoms with Gasteiger partial charge in [0, 0.05) is 5.41 Å². The first-order chi connectivity index (χ1) is 6.98. The van der Waals surface area contributed by atoms with E-state index in [1.807, 2.05) is 0 Å². The van der Waals surface area contributed by atoms with E-state index in [1.54, 1.807) is 0 Å². The zero-order valence-corrected chi connectivity index (χ0v) is 9.96. The van der Waals surface area contributed by atoms with Crippen LogP contribution in [0.1, 0.15) is 26.3 Å². The first-order valence-corrected chi connectivity index (χ1v) is 5.48. The predicted molar refractivity (Wildman–Crippen MR) is 66.9 cm³/mol. The van der Waals surface area contributed by atoms with Crippen molar-refractivity contribution in [1.82, 2.24) is 0 Å². The molecule has 0 radical (unpaired) electrons. The van der Waals surface area contributed by atoms with Gasteiger partial charge in [0.1, 0.15) is 0 Å². The van der Waals surface area contributed by atoms with E-state index in [-0.39, 0.29) is 5.41 Å². The van der Waals surface area contributed by atoms with Gasteiger partial charge in [-0.2, -0.15) is 0 Å². The summed E-state index contributed by atoms with van der Waals surface area (Å²) in [4.78, 5) is 0. The molecular formula is C15H18. The Labute approximate surface area is 91.6 Å². The minimum Gasteiger partial charge on any atom is -0.0748 e. The Morgan fingerprint density at radius 2 is 1.80 bits per heavy atom. The molecule has 0 heterocycles. The molecule has 0 amide bonds. The number of fused-ring (bicyclic) bond motifs is 1. The molecule has 0 aromatic heterocycles. The van der Waals surface area contributed by atoms with Crippen molar-refractivity contribution in [2.24, 2.45) is 5.41 Å². The fourth-order valence-electron chi connectivity index (χ4n) is 2.04. The van der Waals surface area contributed by atoms with E-state index in [0.717, 1.165) is 0 Å². The van der Waals surface area contributed by atoms with Crippen molar-refractivity contribution in [1.29, 1.82) is 0 Å². The number of rotatable bonds is 0. The second-order valence-electron chi connectivity index (χ2n) is 5.07. The fraction of sp³-hybridized carbons (Fsp3) is 0.333. The third-order valence-corrected chi connectivity index (χ3v) is 2.92. The monoisotopic (exact) mass is 198 g/mol. The first kappa shape index (κ1) is 10.2. The highest BCUT2D eigenvalue weighted by molar-refractivity contribution is 5.59. The second kappa shape index (κ2) is 3.37. The molecule has 15 heavy (non-hydrogen) atoms. The quantitative estimate of drug-likeness (QED) is 0.601. The van der Waals surface area contributed by atoms with Gasteiger partial charge in [-0.15, -0.1) is 0 Å². The van der Waals surface area contributed by atoms with Crippen molar-refractivity contribution in [3.05, 3.63) is 46.4 Å². The number of allylic oxidation sites excluding steroid dienone is 2. The Balaban J connectivity index is 2.86. The van der Waals surface area contributed by atoms with Crippen molar-refractivity contribution in [2.45, 2.75) is 27.7 Å². The normalized spacial score (nSPS) is 18.0. The minimum absolute atomic E-state index is 0.153. The minimum atomic E-state index is 0.153. The van der Waals surface area contributed by atoms with E-state index < -0.39 is 0 Å². The van der Waals surface area contributed by atoms with Gasteiger partial charge < -0.3 is 0 Å². The van der Waals surface area contributed by atoms with E-state index in [9.17, 15) is 0 Å². The van der Waals surface area contributed by atoms with Crippen LogP contribution in [0.25, 0.3) is 11.6 Å². The molecule has 1 aliphatic rings. The van der Waals surface area contributed by atoms with E-state index >= 15 is 0 Å². The lowest BCUT2D eigenvalue weighted by molar-refractivity contribution is 0.670. The molecule has 0 bridgehead atoms. The maximum Gasteiger partial charge on any atom is 0.00168 e. The van der Waals surface area contributed by atoms with Crippen molar-refractivity contribution in [3.8, 4) is 0 Å². The van der Waals surface area contributed by atoms with Crippen LogP contribution in [0.15, 0.2) is 30.4 Å². The molecule has 0 nitrogen and oxygen atoms in total. The average molecular weight is 198 g/mol. The smallest absolute Gasteiger partial charge is 0.00168 e. The molecule has 0 fully saturated rings. The summed E-state index contributed by atoms with van der Waals surface area (Å²) in [5.74, 6) is 0. The lowest BCUT2D eigenvalue weighted by atomic mass is 9.92. The van der Waals surface area contributed by atoms with Crippen LogP contribution in [0.3, 0.4) is 0 Å². The second-order valence-corrected chi connectivity index (χ2v) is 5.07. The summed E-state index contributed by atoms with van der Waals surface area (Å²) in [5.41, 5.74) is 2.84. The molecule has 0 aliphatic heterocycles. The van der Waals surface area contributed by atoms with Gasteiger partial charge in [0.2, 0.25) is 0 Å². The third-order valence-electron chi connectivity index (χ3n) is 2.92. The van der Waals surface area contributed by atoms with E-state index in [0.29, 0.717) is 0 Å². The highest BCUT2D eigenvalue weighted by Gasteiger charge is 2.11. The number of benzene rings is 1. The van der Waals surface area contributed by atoms with E-state index in [1.165, 1.54) is 21.6 Å². The summed E-state index contributed by atoms with van der Waals surface area (Å²) in [5, 5.41) is 2.73. The molecule has 1 aromatic carbocycles. The van der Waals surface area contributed by atoms with Crippen LogP contribution in [0.5, 0.6) is 0 Å². The van der Waals surface area contributed by atoms with Crippen LogP contribution in [0, 0.1) is 12.3 Å². The standard InChI is InChI=1S/C15H18/c1-11-5-6-14-12(2)7-8-15(3,4)10-13(14)9-11/h5-10H,1-4H3. The van der Waals surface area contributed by atoms with E-state index in [2.05, 4.69) is 64.1 Å². The maximum absolute atomic E-state index is 2.35. The zero-order chi connectivity index (χ0) is 11.1. The average Bonchev–Trinajstić information content (AvgIpc) is 2.23. The van der Waals surface area contributed by atoms with Crippen LogP contribution >= 0.6 is 0 Å². The van der Waals surface area contributed by atoms with Gasteiger partial charge in [0.15, 0.2) is 0 Å². The van der Waals surface area contributed by atoms with Crippen molar-refractivity contribution in [3.63, 3.8) is 0 Å². The molecule has 1 aromatic rings. The SMILES string of the molecule is CC1=c2ccc(C)cc2=CC(C)(C)C=C1. The molecule has 0 unspecified atom stereocenters. The number of hydrogen-bond donors (Lipinski definition) is 0. The molecule has 0 atom stereocenters.